The smallest absolute Gasteiger partial charge is 0.169 e. The SMILES string of the molecule is CCC1=C(C)C(O)C(OC)=C(OC)C1O. The quantitative estimate of drug-likeness (QED) is 0.687. The first-order valence-corrected chi connectivity index (χ1v) is 4.96. The maximum atomic E-state index is 9.99. The van der Waals surface area contributed by atoms with Gasteiger partial charge in [0.05, 0.1) is 14.2 Å². The summed E-state index contributed by atoms with van der Waals surface area (Å²) in [6.07, 6.45) is -0.949. The summed E-state index contributed by atoms with van der Waals surface area (Å²) >= 11 is 0. The molecule has 2 unspecified atom stereocenters. The normalized spacial score (nSPS) is 27.1. The molecule has 0 radical (unpaired) electrons. The minimum Gasteiger partial charge on any atom is -0.494 e. The van der Waals surface area contributed by atoms with Crippen molar-refractivity contribution in [2.75, 3.05) is 14.2 Å². The van der Waals surface area contributed by atoms with Gasteiger partial charge in [-0.1, -0.05) is 6.92 Å². The van der Waals surface area contributed by atoms with Gasteiger partial charge < -0.3 is 19.7 Å². The van der Waals surface area contributed by atoms with E-state index in [-0.39, 0.29) is 0 Å². The van der Waals surface area contributed by atoms with Crippen LogP contribution in [0.15, 0.2) is 22.7 Å². The van der Waals surface area contributed by atoms with Gasteiger partial charge in [0.1, 0.15) is 12.2 Å². The second-order valence-electron chi connectivity index (χ2n) is 3.50. The molecule has 0 bridgehead atoms. The van der Waals surface area contributed by atoms with Crippen molar-refractivity contribution in [1.82, 2.24) is 0 Å². The van der Waals surface area contributed by atoms with Crippen LogP contribution in [-0.4, -0.2) is 36.6 Å². The molecular weight excluding hydrogens is 196 g/mol. The summed E-state index contributed by atoms with van der Waals surface area (Å²) < 4.78 is 10.1. The van der Waals surface area contributed by atoms with Crippen LogP contribution < -0.4 is 0 Å². The molecule has 0 saturated carbocycles. The van der Waals surface area contributed by atoms with Gasteiger partial charge >= 0.3 is 0 Å². The van der Waals surface area contributed by atoms with Crippen LogP contribution in [0.1, 0.15) is 20.3 Å². The van der Waals surface area contributed by atoms with Crippen LogP contribution in [0.25, 0.3) is 0 Å². The summed E-state index contributed by atoms with van der Waals surface area (Å²) in [5.41, 5.74) is 1.53. The van der Waals surface area contributed by atoms with E-state index in [0.29, 0.717) is 17.9 Å². The molecule has 2 atom stereocenters. The van der Waals surface area contributed by atoms with Crippen molar-refractivity contribution in [3.05, 3.63) is 22.7 Å². The van der Waals surface area contributed by atoms with Crippen LogP contribution in [0.2, 0.25) is 0 Å². The topological polar surface area (TPSA) is 58.9 Å². The average Bonchev–Trinajstić information content (AvgIpc) is 2.23. The fraction of sp³-hybridized carbons (Fsp3) is 0.636. The van der Waals surface area contributed by atoms with Gasteiger partial charge in [-0.2, -0.15) is 0 Å². The first-order valence-electron chi connectivity index (χ1n) is 4.96. The van der Waals surface area contributed by atoms with Crippen molar-refractivity contribution >= 4 is 0 Å². The molecule has 1 rings (SSSR count). The zero-order chi connectivity index (χ0) is 11.6. The van der Waals surface area contributed by atoms with E-state index in [2.05, 4.69) is 0 Å². The molecule has 4 nitrogen and oxygen atoms in total. The first kappa shape index (κ1) is 12.1. The Morgan fingerprint density at radius 1 is 1.07 bits per heavy atom. The highest BCUT2D eigenvalue weighted by molar-refractivity contribution is 5.37. The fourth-order valence-corrected chi connectivity index (χ4v) is 1.91. The summed E-state index contributed by atoms with van der Waals surface area (Å²) in [6, 6.07) is 0. The van der Waals surface area contributed by atoms with Crippen LogP contribution in [0.4, 0.5) is 0 Å². The molecule has 2 N–H and O–H groups in total. The monoisotopic (exact) mass is 214 g/mol. The van der Waals surface area contributed by atoms with Gasteiger partial charge in [-0.15, -0.1) is 0 Å². The molecule has 0 aromatic rings. The Morgan fingerprint density at radius 3 is 1.93 bits per heavy atom. The maximum absolute atomic E-state index is 9.99. The Hall–Kier alpha value is -1.00. The molecule has 0 fully saturated rings. The third-order valence-corrected chi connectivity index (χ3v) is 2.81. The Morgan fingerprint density at radius 2 is 1.53 bits per heavy atom. The van der Waals surface area contributed by atoms with Crippen LogP contribution in [-0.2, 0) is 9.47 Å². The molecule has 0 aliphatic heterocycles. The Kier molecular flexibility index (Phi) is 3.77. The van der Waals surface area contributed by atoms with Crippen LogP contribution >= 0.6 is 0 Å². The lowest BCUT2D eigenvalue weighted by Gasteiger charge is -2.30. The molecule has 1 aliphatic rings. The van der Waals surface area contributed by atoms with Crippen molar-refractivity contribution in [3.63, 3.8) is 0 Å². The third kappa shape index (κ3) is 1.87. The molecular formula is C11H18O4. The molecule has 0 spiro atoms. The highest BCUT2D eigenvalue weighted by atomic mass is 16.5. The predicted octanol–water partition coefficient (Wildman–Crippen LogP) is 0.953. The highest BCUT2D eigenvalue weighted by Gasteiger charge is 2.33. The molecule has 0 aromatic heterocycles. The zero-order valence-electron chi connectivity index (χ0n) is 9.57. The maximum Gasteiger partial charge on any atom is 0.169 e. The van der Waals surface area contributed by atoms with Crippen LogP contribution in [0.3, 0.4) is 0 Å². The molecule has 0 heterocycles. The van der Waals surface area contributed by atoms with E-state index < -0.39 is 12.2 Å². The number of hydrogen-bond donors (Lipinski definition) is 2. The Bertz CT molecular complexity index is 304. The van der Waals surface area contributed by atoms with Crippen molar-refractivity contribution < 1.29 is 19.7 Å². The van der Waals surface area contributed by atoms with E-state index >= 15 is 0 Å². The zero-order valence-corrected chi connectivity index (χ0v) is 9.57. The second-order valence-corrected chi connectivity index (χ2v) is 3.50. The van der Waals surface area contributed by atoms with Crippen molar-refractivity contribution in [2.45, 2.75) is 32.5 Å². The first-order chi connectivity index (χ1) is 7.08. The standard InChI is InChI=1S/C11H18O4/c1-5-7-6(2)8(12)10(14-3)11(15-4)9(7)13/h8-9,12-13H,5H2,1-4H3. The lowest BCUT2D eigenvalue weighted by Crippen LogP contribution is -2.31. The minimum atomic E-state index is -0.816. The fourth-order valence-electron chi connectivity index (χ4n) is 1.91. The van der Waals surface area contributed by atoms with Gasteiger partial charge in [0.25, 0.3) is 0 Å². The number of aliphatic hydroxyl groups is 2. The van der Waals surface area contributed by atoms with E-state index in [1.165, 1.54) is 14.2 Å². The summed E-state index contributed by atoms with van der Waals surface area (Å²) in [4.78, 5) is 0. The van der Waals surface area contributed by atoms with Crippen LogP contribution in [0, 0.1) is 0 Å². The van der Waals surface area contributed by atoms with Gasteiger partial charge in [0.2, 0.25) is 0 Å². The number of methoxy groups -OCH3 is 2. The number of aliphatic hydroxyl groups excluding tert-OH is 2. The molecule has 1 aliphatic carbocycles. The molecule has 0 saturated heterocycles. The van der Waals surface area contributed by atoms with Crippen molar-refractivity contribution in [3.8, 4) is 0 Å². The predicted molar refractivity (Wildman–Crippen MR) is 56.0 cm³/mol. The average molecular weight is 214 g/mol. The molecule has 4 heteroatoms. The molecule has 0 aromatic carbocycles. The van der Waals surface area contributed by atoms with E-state index in [9.17, 15) is 10.2 Å². The Balaban J connectivity index is 3.18. The van der Waals surface area contributed by atoms with E-state index in [0.717, 1.165) is 11.1 Å². The second kappa shape index (κ2) is 4.68. The summed E-state index contributed by atoms with van der Waals surface area (Å²) in [6.45, 7) is 3.72. The number of ether oxygens (including phenoxy) is 2. The minimum absolute atomic E-state index is 0.291. The van der Waals surface area contributed by atoms with Gasteiger partial charge in [0.15, 0.2) is 11.5 Å². The van der Waals surface area contributed by atoms with Crippen LogP contribution in [0.5, 0.6) is 0 Å². The summed E-state index contributed by atoms with van der Waals surface area (Å²) in [7, 11) is 2.91. The molecule has 15 heavy (non-hydrogen) atoms. The molecule has 86 valence electrons. The number of rotatable bonds is 3. The highest BCUT2D eigenvalue weighted by Crippen LogP contribution is 2.32. The lowest BCUT2D eigenvalue weighted by atomic mass is 9.89. The summed E-state index contributed by atoms with van der Waals surface area (Å²) in [5, 5.41) is 19.9. The van der Waals surface area contributed by atoms with Crippen molar-refractivity contribution in [2.24, 2.45) is 0 Å². The van der Waals surface area contributed by atoms with Gasteiger partial charge in [-0.25, -0.2) is 0 Å². The third-order valence-electron chi connectivity index (χ3n) is 2.81. The van der Waals surface area contributed by atoms with Gasteiger partial charge in [-0.05, 0) is 24.5 Å². The number of hydrogen-bond acceptors (Lipinski definition) is 4. The van der Waals surface area contributed by atoms with Crippen molar-refractivity contribution in [1.29, 1.82) is 0 Å². The van der Waals surface area contributed by atoms with E-state index in [1.54, 1.807) is 6.92 Å². The van der Waals surface area contributed by atoms with E-state index in [1.807, 2.05) is 6.92 Å². The van der Waals surface area contributed by atoms with Gasteiger partial charge in [0, 0.05) is 0 Å². The van der Waals surface area contributed by atoms with Gasteiger partial charge in [-0.3, -0.25) is 0 Å². The Labute approximate surface area is 89.8 Å². The largest absolute Gasteiger partial charge is 0.494 e. The lowest BCUT2D eigenvalue weighted by molar-refractivity contribution is 0.0790. The van der Waals surface area contributed by atoms with E-state index in [4.69, 9.17) is 9.47 Å². The summed E-state index contributed by atoms with van der Waals surface area (Å²) in [5.74, 6) is 0.590. The molecule has 0 amide bonds.